The molecule has 2 rings (SSSR count). The molecule has 0 radical (unpaired) electrons. The molecule has 0 aliphatic heterocycles. The SMILES string of the molecule is CSCCN=Cc1cnc2ccccc2c1. The molecule has 0 aliphatic carbocycles. The molecule has 3 heteroatoms. The van der Waals surface area contributed by atoms with Gasteiger partial charge in [0.05, 0.1) is 5.52 Å². The zero-order chi connectivity index (χ0) is 11.2. The Kier molecular flexibility index (Phi) is 3.94. The number of benzene rings is 1. The first-order chi connectivity index (χ1) is 7.90. The van der Waals surface area contributed by atoms with Gasteiger partial charge in [0.1, 0.15) is 0 Å². The van der Waals surface area contributed by atoms with E-state index < -0.39 is 0 Å². The Hall–Kier alpha value is -1.35. The Bertz CT molecular complexity index is 494. The highest BCUT2D eigenvalue weighted by molar-refractivity contribution is 7.98. The van der Waals surface area contributed by atoms with Crippen LogP contribution in [-0.4, -0.2) is 29.8 Å². The maximum absolute atomic E-state index is 4.38. The van der Waals surface area contributed by atoms with E-state index in [1.54, 1.807) is 0 Å². The summed E-state index contributed by atoms with van der Waals surface area (Å²) in [4.78, 5) is 8.74. The molecule has 0 aliphatic rings. The van der Waals surface area contributed by atoms with Gasteiger partial charge < -0.3 is 0 Å². The van der Waals surface area contributed by atoms with E-state index in [1.807, 2.05) is 42.4 Å². The number of aromatic nitrogens is 1. The van der Waals surface area contributed by atoms with E-state index in [-0.39, 0.29) is 0 Å². The molecule has 0 atom stereocenters. The lowest BCUT2D eigenvalue weighted by molar-refractivity contribution is 1.16. The summed E-state index contributed by atoms with van der Waals surface area (Å²) >= 11 is 1.81. The minimum atomic E-state index is 0.869. The second-order valence-electron chi connectivity index (χ2n) is 3.49. The molecule has 2 nitrogen and oxygen atoms in total. The average molecular weight is 230 g/mol. The van der Waals surface area contributed by atoms with E-state index >= 15 is 0 Å². The van der Waals surface area contributed by atoms with Crippen molar-refractivity contribution in [3.05, 3.63) is 42.1 Å². The maximum Gasteiger partial charge on any atom is 0.0702 e. The normalized spacial score (nSPS) is 11.3. The van der Waals surface area contributed by atoms with Crippen molar-refractivity contribution in [3.63, 3.8) is 0 Å². The molecular formula is C13H14N2S. The molecule has 0 fully saturated rings. The van der Waals surface area contributed by atoms with Gasteiger partial charge in [-0.05, 0) is 18.4 Å². The summed E-state index contributed by atoms with van der Waals surface area (Å²) in [6.45, 7) is 0.869. The van der Waals surface area contributed by atoms with Gasteiger partial charge in [-0.15, -0.1) is 0 Å². The summed E-state index contributed by atoms with van der Waals surface area (Å²) in [5.41, 5.74) is 2.10. The van der Waals surface area contributed by atoms with Crippen LogP contribution in [0.15, 0.2) is 41.5 Å². The van der Waals surface area contributed by atoms with E-state index in [4.69, 9.17) is 0 Å². The number of aliphatic imine (C=N–C) groups is 1. The predicted octanol–water partition coefficient (Wildman–Crippen LogP) is 3.02. The van der Waals surface area contributed by atoms with Crippen LogP contribution in [0.4, 0.5) is 0 Å². The van der Waals surface area contributed by atoms with Crippen LogP contribution in [0.5, 0.6) is 0 Å². The Morgan fingerprint density at radius 2 is 2.25 bits per heavy atom. The van der Waals surface area contributed by atoms with Gasteiger partial charge in [-0.2, -0.15) is 11.8 Å². The fraction of sp³-hybridized carbons (Fsp3) is 0.231. The van der Waals surface area contributed by atoms with Crippen LogP contribution >= 0.6 is 11.8 Å². The van der Waals surface area contributed by atoms with Crippen molar-refractivity contribution in [2.45, 2.75) is 0 Å². The van der Waals surface area contributed by atoms with Gasteiger partial charge in [-0.1, -0.05) is 18.2 Å². The molecule has 0 amide bonds. The Morgan fingerprint density at radius 1 is 1.38 bits per heavy atom. The van der Waals surface area contributed by atoms with Crippen LogP contribution in [0.1, 0.15) is 5.56 Å². The van der Waals surface area contributed by atoms with Crippen molar-refractivity contribution in [3.8, 4) is 0 Å². The predicted molar refractivity (Wildman–Crippen MR) is 72.6 cm³/mol. The number of thioether (sulfide) groups is 1. The number of pyridine rings is 1. The van der Waals surface area contributed by atoms with Crippen LogP contribution in [0.2, 0.25) is 0 Å². The third-order valence-electron chi connectivity index (χ3n) is 2.28. The first kappa shape index (κ1) is 11.1. The fourth-order valence-electron chi connectivity index (χ4n) is 1.47. The average Bonchev–Trinajstić information content (AvgIpc) is 2.34. The second-order valence-corrected chi connectivity index (χ2v) is 4.48. The van der Waals surface area contributed by atoms with Crippen molar-refractivity contribution in [1.29, 1.82) is 0 Å². The molecule has 2 aromatic rings. The number of para-hydroxylation sites is 1. The molecule has 16 heavy (non-hydrogen) atoms. The van der Waals surface area contributed by atoms with Crippen molar-refractivity contribution >= 4 is 28.9 Å². The lowest BCUT2D eigenvalue weighted by atomic mass is 10.2. The molecule has 0 saturated carbocycles. The highest BCUT2D eigenvalue weighted by Crippen LogP contribution is 2.11. The fourth-order valence-corrected chi connectivity index (χ4v) is 1.76. The topological polar surface area (TPSA) is 25.2 Å². The first-order valence-electron chi connectivity index (χ1n) is 5.24. The van der Waals surface area contributed by atoms with Crippen LogP contribution in [-0.2, 0) is 0 Å². The number of hydrogen-bond donors (Lipinski definition) is 0. The molecule has 82 valence electrons. The van der Waals surface area contributed by atoms with Crippen LogP contribution in [0.3, 0.4) is 0 Å². The molecule has 0 spiro atoms. The lowest BCUT2D eigenvalue weighted by Gasteiger charge is -1.97. The summed E-state index contributed by atoms with van der Waals surface area (Å²) in [7, 11) is 0. The molecule has 0 saturated heterocycles. The highest BCUT2D eigenvalue weighted by Gasteiger charge is 1.94. The molecule has 0 bridgehead atoms. The van der Waals surface area contributed by atoms with Gasteiger partial charge >= 0.3 is 0 Å². The summed E-state index contributed by atoms with van der Waals surface area (Å²) in [6, 6.07) is 10.2. The summed E-state index contributed by atoms with van der Waals surface area (Å²) in [5.74, 6) is 1.07. The van der Waals surface area contributed by atoms with Gasteiger partial charge in [0.25, 0.3) is 0 Å². The van der Waals surface area contributed by atoms with E-state index in [2.05, 4.69) is 28.4 Å². The minimum absolute atomic E-state index is 0.869. The second kappa shape index (κ2) is 5.66. The lowest BCUT2D eigenvalue weighted by Crippen LogP contribution is -1.88. The Balaban J connectivity index is 2.16. The number of rotatable bonds is 4. The molecule has 1 aromatic heterocycles. The largest absolute Gasteiger partial charge is 0.292 e. The zero-order valence-corrected chi connectivity index (χ0v) is 10.1. The molecule has 1 heterocycles. The third kappa shape index (κ3) is 2.83. The monoisotopic (exact) mass is 230 g/mol. The van der Waals surface area contributed by atoms with Crippen molar-refractivity contribution < 1.29 is 0 Å². The molecular weight excluding hydrogens is 216 g/mol. The zero-order valence-electron chi connectivity index (χ0n) is 9.26. The van der Waals surface area contributed by atoms with Gasteiger partial charge in [0, 0.05) is 35.7 Å². The van der Waals surface area contributed by atoms with Gasteiger partial charge in [-0.25, -0.2) is 0 Å². The minimum Gasteiger partial charge on any atom is -0.292 e. The smallest absolute Gasteiger partial charge is 0.0702 e. The van der Waals surface area contributed by atoms with Crippen molar-refractivity contribution in [1.82, 2.24) is 4.98 Å². The third-order valence-corrected chi connectivity index (χ3v) is 2.87. The van der Waals surface area contributed by atoms with E-state index in [0.29, 0.717) is 0 Å². The van der Waals surface area contributed by atoms with Gasteiger partial charge in [0.2, 0.25) is 0 Å². The number of nitrogens with zero attached hydrogens (tertiary/aromatic N) is 2. The maximum atomic E-state index is 4.38. The number of fused-ring (bicyclic) bond motifs is 1. The van der Waals surface area contributed by atoms with E-state index in [0.717, 1.165) is 28.8 Å². The van der Waals surface area contributed by atoms with Gasteiger partial charge in [0.15, 0.2) is 0 Å². The van der Waals surface area contributed by atoms with Crippen LogP contribution in [0.25, 0.3) is 10.9 Å². The quantitative estimate of drug-likeness (QED) is 0.596. The summed E-state index contributed by atoms with van der Waals surface area (Å²) < 4.78 is 0. The van der Waals surface area contributed by atoms with Gasteiger partial charge in [-0.3, -0.25) is 9.98 Å². The Labute approximate surface area is 99.8 Å². The van der Waals surface area contributed by atoms with E-state index in [1.165, 1.54) is 0 Å². The van der Waals surface area contributed by atoms with Crippen molar-refractivity contribution in [2.75, 3.05) is 18.6 Å². The van der Waals surface area contributed by atoms with Crippen LogP contribution < -0.4 is 0 Å². The molecule has 1 aromatic carbocycles. The Morgan fingerprint density at radius 3 is 3.12 bits per heavy atom. The standard InChI is InChI=1S/C13H14N2S/c1-16-7-6-14-9-11-8-12-4-2-3-5-13(12)15-10-11/h2-5,8-10H,6-7H2,1H3. The van der Waals surface area contributed by atoms with Crippen molar-refractivity contribution in [2.24, 2.45) is 4.99 Å². The van der Waals surface area contributed by atoms with Crippen LogP contribution in [0, 0.1) is 0 Å². The molecule has 0 unspecified atom stereocenters. The molecule has 0 N–H and O–H groups in total. The summed E-state index contributed by atoms with van der Waals surface area (Å²) in [6.07, 6.45) is 5.85. The highest BCUT2D eigenvalue weighted by atomic mass is 32.2. The summed E-state index contributed by atoms with van der Waals surface area (Å²) in [5, 5.41) is 1.16. The first-order valence-corrected chi connectivity index (χ1v) is 6.63. The number of hydrogen-bond acceptors (Lipinski definition) is 3. The van der Waals surface area contributed by atoms with E-state index in [9.17, 15) is 0 Å².